The molecule has 3 heterocycles. The SMILES string of the molecule is Cl.NC(=O)c1ccc(S(=O)(=O)N2CCN(C(=O)CCC3CCNC3)CC2)o1. The largest absolute Gasteiger partial charge is 0.438 e. The maximum absolute atomic E-state index is 12.6. The standard InChI is InChI=1S/C16H24N4O5S.ClH/c17-16(22)13-2-4-15(25-13)26(23,24)20-9-7-19(8-10-20)14(21)3-1-12-5-6-18-11-12;/h2,4,12,18H,1,3,5-11H2,(H2,17,22);1H. The summed E-state index contributed by atoms with van der Waals surface area (Å²) in [5.41, 5.74) is 5.08. The number of primary amides is 1. The van der Waals surface area contributed by atoms with Crippen LogP contribution in [0.3, 0.4) is 0 Å². The first-order valence-corrected chi connectivity index (χ1v) is 10.2. The topological polar surface area (TPSA) is 126 Å². The monoisotopic (exact) mass is 420 g/mol. The highest BCUT2D eigenvalue weighted by Gasteiger charge is 2.32. The van der Waals surface area contributed by atoms with E-state index in [0.717, 1.165) is 25.9 Å². The van der Waals surface area contributed by atoms with Crippen LogP contribution >= 0.6 is 12.4 Å². The Labute approximate surface area is 164 Å². The Balaban J connectivity index is 0.00000261. The summed E-state index contributed by atoms with van der Waals surface area (Å²) in [7, 11) is -3.84. The van der Waals surface area contributed by atoms with E-state index in [-0.39, 0.29) is 42.3 Å². The quantitative estimate of drug-likeness (QED) is 0.668. The van der Waals surface area contributed by atoms with E-state index >= 15 is 0 Å². The number of piperazine rings is 1. The van der Waals surface area contributed by atoms with Gasteiger partial charge >= 0.3 is 0 Å². The fraction of sp³-hybridized carbons (Fsp3) is 0.625. The van der Waals surface area contributed by atoms with Crippen LogP contribution in [0.5, 0.6) is 0 Å². The Kier molecular flexibility index (Phi) is 7.26. The van der Waals surface area contributed by atoms with Crippen molar-refractivity contribution in [3.05, 3.63) is 17.9 Å². The number of nitrogens with one attached hydrogen (secondary N) is 1. The van der Waals surface area contributed by atoms with Crippen LogP contribution < -0.4 is 11.1 Å². The normalized spacial score (nSPS) is 21.0. The van der Waals surface area contributed by atoms with Gasteiger partial charge in [0.05, 0.1) is 0 Å². The van der Waals surface area contributed by atoms with Crippen molar-refractivity contribution in [3.63, 3.8) is 0 Å². The number of carbonyl (C=O) groups excluding carboxylic acids is 2. The lowest BCUT2D eigenvalue weighted by Crippen LogP contribution is -2.50. The van der Waals surface area contributed by atoms with Gasteiger partial charge in [-0.05, 0) is 44.0 Å². The number of rotatable bonds is 6. The van der Waals surface area contributed by atoms with Crippen molar-refractivity contribution in [3.8, 4) is 0 Å². The molecule has 2 aliphatic rings. The third-order valence-corrected chi connectivity index (χ3v) is 6.71. The Morgan fingerprint density at radius 1 is 1.22 bits per heavy atom. The second-order valence-electron chi connectivity index (χ2n) is 6.67. The molecule has 0 aromatic carbocycles. The molecule has 2 aliphatic heterocycles. The van der Waals surface area contributed by atoms with E-state index in [9.17, 15) is 18.0 Å². The molecule has 1 aromatic rings. The van der Waals surface area contributed by atoms with Crippen LogP contribution in [0.4, 0.5) is 0 Å². The molecular weight excluding hydrogens is 396 g/mol. The number of carbonyl (C=O) groups is 2. The number of hydrogen-bond acceptors (Lipinski definition) is 6. The lowest BCUT2D eigenvalue weighted by atomic mass is 10.0. The second kappa shape index (κ2) is 9.05. The molecule has 0 aliphatic carbocycles. The van der Waals surface area contributed by atoms with Crippen molar-refractivity contribution >= 4 is 34.2 Å². The van der Waals surface area contributed by atoms with E-state index in [1.807, 2.05) is 0 Å². The number of nitrogens with zero attached hydrogens (tertiary/aromatic N) is 2. The molecule has 3 rings (SSSR count). The molecule has 1 atom stereocenters. The average molecular weight is 421 g/mol. The zero-order valence-electron chi connectivity index (χ0n) is 14.9. The van der Waals surface area contributed by atoms with Crippen molar-refractivity contribution in [2.75, 3.05) is 39.3 Å². The number of amides is 2. The zero-order valence-corrected chi connectivity index (χ0v) is 16.6. The van der Waals surface area contributed by atoms with Crippen LogP contribution in [0.1, 0.15) is 29.8 Å². The number of halogens is 1. The lowest BCUT2D eigenvalue weighted by Gasteiger charge is -2.33. The molecule has 3 N–H and O–H groups in total. The average Bonchev–Trinajstić information content (AvgIpc) is 3.31. The van der Waals surface area contributed by atoms with Crippen LogP contribution in [0.2, 0.25) is 0 Å². The van der Waals surface area contributed by atoms with Crippen LogP contribution in [0.25, 0.3) is 0 Å². The minimum atomic E-state index is -3.84. The van der Waals surface area contributed by atoms with Gasteiger partial charge in [0, 0.05) is 32.6 Å². The van der Waals surface area contributed by atoms with Gasteiger partial charge in [0.2, 0.25) is 11.0 Å². The molecule has 152 valence electrons. The van der Waals surface area contributed by atoms with Gasteiger partial charge < -0.3 is 20.4 Å². The van der Waals surface area contributed by atoms with Gasteiger partial charge in [-0.15, -0.1) is 12.4 Å². The van der Waals surface area contributed by atoms with E-state index in [2.05, 4.69) is 5.32 Å². The molecule has 1 aromatic heterocycles. The molecule has 27 heavy (non-hydrogen) atoms. The highest BCUT2D eigenvalue weighted by atomic mass is 35.5. The predicted molar refractivity (Wildman–Crippen MR) is 100 cm³/mol. The van der Waals surface area contributed by atoms with Gasteiger partial charge in [-0.25, -0.2) is 8.42 Å². The fourth-order valence-electron chi connectivity index (χ4n) is 3.34. The van der Waals surface area contributed by atoms with Crippen LogP contribution in [-0.4, -0.2) is 68.7 Å². The van der Waals surface area contributed by atoms with Crippen molar-refractivity contribution < 1.29 is 22.4 Å². The highest BCUT2D eigenvalue weighted by Crippen LogP contribution is 2.21. The van der Waals surface area contributed by atoms with Gasteiger partial charge in [-0.2, -0.15) is 4.31 Å². The van der Waals surface area contributed by atoms with E-state index < -0.39 is 15.9 Å². The second-order valence-corrected chi connectivity index (χ2v) is 8.53. The van der Waals surface area contributed by atoms with E-state index in [0.29, 0.717) is 25.4 Å². The molecule has 0 spiro atoms. The molecule has 2 saturated heterocycles. The minimum absolute atomic E-state index is 0. The molecule has 0 saturated carbocycles. The Bertz CT molecular complexity index is 768. The minimum Gasteiger partial charge on any atom is -0.438 e. The van der Waals surface area contributed by atoms with Gasteiger partial charge in [-0.1, -0.05) is 0 Å². The van der Waals surface area contributed by atoms with Crippen molar-refractivity contribution in [1.29, 1.82) is 0 Å². The summed E-state index contributed by atoms with van der Waals surface area (Å²) in [6, 6.07) is 2.47. The highest BCUT2D eigenvalue weighted by molar-refractivity contribution is 7.89. The number of nitrogens with two attached hydrogens (primary N) is 1. The fourth-order valence-corrected chi connectivity index (χ4v) is 4.68. The molecular formula is C16H25ClN4O5S. The van der Waals surface area contributed by atoms with Crippen molar-refractivity contribution in [2.24, 2.45) is 11.7 Å². The van der Waals surface area contributed by atoms with Crippen LogP contribution in [-0.2, 0) is 14.8 Å². The summed E-state index contributed by atoms with van der Waals surface area (Å²) in [6.07, 6.45) is 2.47. The first-order valence-electron chi connectivity index (χ1n) is 8.76. The number of furan rings is 1. The van der Waals surface area contributed by atoms with Crippen molar-refractivity contribution in [2.45, 2.75) is 24.4 Å². The summed E-state index contributed by atoms with van der Waals surface area (Å²) in [5, 5.41) is 2.98. The summed E-state index contributed by atoms with van der Waals surface area (Å²) >= 11 is 0. The molecule has 2 fully saturated rings. The smallest absolute Gasteiger partial charge is 0.284 e. The maximum atomic E-state index is 12.6. The first-order chi connectivity index (χ1) is 12.4. The number of sulfonamides is 1. The summed E-state index contributed by atoms with van der Waals surface area (Å²) < 4.78 is 31.4. The molecule has 11 heteroatoms. The van der Waals surface area contributed by atoms with Gasteiger partial charge in [-0.3, -0.25) is 9.59 Å². The van der Waals surface area contributed by atoms with Crippen LogP contribution in [0.15, 0.2) is 21.6 Å². The zero-order chi connectivity index (χ0) is 18.7. The molecule has 0 radical (unpaired) electrons. The maximum Gasteiger partial charge on any atom is 0.284 e. The van der Waals surface area contributed by atoms with E-state index in [1.165, 1.54) is 16.4 Å². The molecule has 0 bridgehead atoms. The Morgan fingerprint density at radius 3 is 2.48 bits per heavy atom. The number of hydrogen-bond donors (Lipinski definition) is 2. The van der Waals surface area contributed by atoms with Gasteiger partial charge in [0.25, 0.3) is 15.9 Å². The summed E-state index contributed by atoms with van der Waals surface area (Å²) in [5.74, 6) is -0.389. The Hall–Kier alpha value is -1.62. The third-order valence-electron chi connectivity index (χ3n) is 4.94. The molecule has 1 unspecified atom stereocenters. The first kappa shape index (κ1) is 21.7. The molecule has 9 nitrogen and oxygen atoms in total. The Morgan fingerprint density at radius 2 is 1.93 bits per heavy atom. The van der Waals surface area contributed by atoms with E-state index in [1.54, 1.807) is 4.90 Å². The third kappa shape index (κ3) is 5.01. The van der Waals surface area contributed by atoms with Crippen molar-refractivity contribution in [1.82, 2.24) is 14.5 Å². The predicted octanol–water partition coefficient (Wildman–Crippen LogP) is 0.0229. The lowest BCUT2D eigenvalue weighted by molar-refractivity contribution is -0.132. The van der Waals surface area contributed by atoms with Gasteiger partial charge in [0.1, 0.15) is 0 Å². The summed E-state index contributed by atoms with van der Waals surface area (Å²) in [6.45, 7) is 3.08. The van der Waals surface area contributed by atoms with Crippen LogP contribution in [0, 0.1) is 5.92 Å². The van der Waals surface area contributed by atoms with E-state index in [4.69, 9.17) is 10.2 Å². The molecule has 2 amide bonds. The van der Waals surface area contributed by atoms with Gasteiger partial charge in [0.15, 0.2) is 5.76 Å². The summed E-state index contributed by atoms with van der Waals surface area (Å²) in [4.78, 5) is 25.1.